The minimum Gasteiger partial charge on any atom is -0.465 e. The number of nitrogens with one attached hydrogen (secondary N) is 1. The first-order valence-corrected chi connectivity index (χ1v) is 13.7. The van der Waals surface area contributed by atoms with Gasteiger partial charge < -0.3 is 25.1 Å². The number of carbonyl (C=O) groups excluding carboxylic acids is 1. The number of aromatic nitrogens is 4. The maximum atomic E-state index is 12.0. The molecule has 4 aromatic rings. The second-order valence-electron chi connectivity index (χ2n) is 10.6. The largest absolute Gasteiger partial charge is 0.465 e. The second-order valence-corrected chi connectivity index (χ2v) is 10.6. The number of aromatic amines is 1. The monoisotopic (exact) mass is 560 g/mol. The zero-order valence-electron chi connectivity index (χ0n) is 23.9. The van der Waals surface area contributed by atoms with Crippen molar-refractivity contribution >= 4 is 12.2 Å². The Kier molecular flexibility index (Phi) is 11.5. The normalized spacial score (nSPS) is 11.0. The van der Waals surface area contributed by atoms with E-state index in [2.05, 4.69) is 45.0 Å². The number of carboxylic acid groups (broad SMARTS) is 1. The quantitative estimate of drug-likeness (QED) is 0.199. The summed E-state index contributed by atoms with van der Waals surface area (Å²) in [6, 6.07) is 19.2. The van der Waals surface area contributed by atoms with Gasteiger partial charge >= 0.3 is 12.2 Å². The minimum atomic E-state index is -0.915. The Morgan fingerprint density at radius 1 is 1.02 bits per heavy atom. The summed E-state index contributed by atoms with van der Waals surface area (Å²) in [5, 5.41) is 9.83. The molecule has 0 unspecified atom stereocenters. The van der Waals surface area contributed by atoms with Crippen LogP contribution in [-0.2, 0) is 23.1 Å². The van der Waals surface area contributed by atoms with E-state index in [9.17, 15) is 14.7 Å². The van der Waals surface area contributed by atoms with Gasteiger partial charge in [-0.05, 0) is 57.6 Å². The van der Waals surface area contributed by atoms with Crippen molar-refractivity contribution in [2.24, 2.45) is 5.73 Å². The van der Waals surface area contributed by atoms with Crippen molar-refractivity contribution in [2.75, 3.05) is 13.2 Å². The molecule has 10 nitrogen and oxygen atoms in total. The first-order valence-electron chi connectivity index (χ1n) is 13.7. The number of primary amides is 1. The van der Waals surface area contributed by atoms with Crippen molar-refractivity contribution in [2.45, 2.75) is 58.0 Å². The van der Waals surface area contributed by atoms with Gasteiger partial charge in [-0.1, -0.05) is 60.7 Å². The predicted molar refractivity (Wildman–Crippen MR) is 157 cm³/mol. The summed E-state index contributed by atoms with van der Waals surface area (Å²) < 4.78 is 6.71. The van der Waals surface area contributed by atoms with E-state index in [4.69, 9.17) is 5.73 Å². The van der Waals surface area contributed by atoms with Gasteiger partial charge in [0.2, 0.25) is 0 Å². The molecule has 2 amide bonds. The van der Waals surface area contributed by atoms with Crippen molar-refractivity contribution in [3.8, 4) is 0 Å². The third kappa shape index (κ3) is 10.1. The number of imidazole rings is 2. The van der Waals surface area contributed by atoms with E-state index in [1.165, 1.54) is 4.90 Å². The number of benzene rings is 2. The van der Waals surface area contributed by atoms with Gasteiger partial charge in [0.25, 0.3) is 0 Å². The first-order chi connectivity index (χ1) is 19.6. The first kappa shape index (κ1) is 30.9. The van der Waals surface area contributed by atoms with E-state index in [0.29, 0.717) is 13.2 Å². The van der Waals surface area contributed by atoms with Crippen molar-refractivity contribution in [3.63, 3.8) is 0 Å². The molecule has 0 spiro atoms. The Balaban J connectivity index is 0.000000250. The van der Waals surface area contributed by atoms with Crippen molar-refractivity contribution in [3.05, 3.63) is 108 Å². The Morgan fingerprint density at radius 3 is 2.15 bits per heavy atom. The molecule has 0 aliphatic carbocycles. The summed E-state index contributed by atoms with van der Waals surface area (Å²) >= 11 is 0. The van der Waals surface area contributed by atoms with Crippen LogP contribution in [0.25, 0.3) is 0 Å². The van der Waals surface area contributed by atoms with Crippen LogP contribution in [0.3, 0.4) is 0 Å². The summed E-state index contributed by atoms with van der Waals surface area (Å²) in [5.41, 5.74) is 8.86. The van der Waals surface area contributed by atoms with Crippen LogP contribution in [0.15, 0.2) is 85.7 Å². The topological polar surface area (TPSA) is 139 Å². The molecule has 0 fully saturated rings. The zero-order chi connectivity index (χ0) is 29.7. The summed E-state index contributed by atoms with van der Waals surface area (Å²) in [6.45, 7) is 7.15. The third-order valence-electron chi connectivity index (χ3n) is 6.42. The average molecular weight is 561 g/mol. The Bertz CT molecular complexity index is 1280. The van der Waals surface area contributed by atoms with Crippen molar-refractivity contribution < 1.29 is 19.4 Å². The second kappa shape index (κ2) is 15.3. The highest BCUT2D eigenvalue weighted by Gasteiger charge is 2.26. The van der Waals surface area contributed by atoms with Gasteiger partial charge in [0.15, 0.2) is 0 Å². The standard InChI is InChI=1S/C20H21N3O2.C11H19N3O2/c24-20(25)23(13-7-12-18-14-21-15-22-18)19(16-8-3-1-4-9-16)17-10-5-2-6-11-17;1-11(2,3)14-7-9(13-8-14)5-4-6-16-10(12)15/h1-6,8-11,14-15,19H,7,12-13H2,(H,21,22)(H,24,25);7-8H,4-6H2,1-3H3,(H2,12,15). The molecule has 2 aromatic carbocycles. The maximum absolute atomic E-state index is 12.0. The summed E-state index contributed by atoms with van der Waals surface area (Å²) in [5.74, 6) is 0. The third-order valence-corrected chi connectivity index (χ3v) is 6.42. The minimum absolute atomic E-state index is 0.0506. The highest BCUT2D eigenvalue weighted by atomic mass is 16.5. The molecule has 2 aromatic heterocycles. The molecule has 4 rings (SSSR count). The molecule has 2 heterocycles. The molecular weight excluding hydrogens is 520 g/mol. The van der Waals surface area contributed by atoms with Crippen molar-refractivity contribution in [1.82, 2.24) is 24.4 Å². The molecule has 0 bridgehead atoms. The molecule has 0 saturated carbocycles. The Morgan fingerprint density at radius 2 is 1.66 bits per heavy atom. The fourth-order valence-electron chi connectivity index (χ4n) is 4.31. The number of amides is 2. The van der Waals surface area contributed by atoms with Gasteiger partial charge in [0, 0.05) is 30.2 Å². The smallest absolute Gasteiger partial charge is 0.408 e. The lowest BCUT2D eigenvalue weighted by Gasteiger charge is -2.30. The van der Waals surface area contributed by atoms with Gasteiger partial charge in [-0.3, -0.25) is 4.90 Å². The Labute approximate surface area is 241 Å². The molecular formula is C31H40N6O4. The SMILES string of the molecule is CC(C)(C)n1cnc(CCCOC(N)=O)c1.O=C(O)N(CCCc1cnc[nH]1)C(c1ccccc1)c1ccccc1. The molecule has 4 N–H and O–H groups in total. The van der Waals surface area contributed by atoms with Crippen LogP contribution in [0.5, 0.6) is 0 Å². The van der Waals surface area contributed by atoms with Crippen LogP contribution >= 0.6 is 0 Å². The average Bonchev–Trinajstić information content (AvgIpc) is 3.65. The van der Waals surface area contributed by atoms with Gasteiger partial charge in [-0.2, -0.15) is 0 Å². The van der Waals surface area contributed by atoms with Crippen molar-refractivity contribution in [1.29, 1.82) is 0 Å². The number of H-pyrrole nitrogens is 1. The number of hydrogen-bond donors (Lipinski definition) is 3. The molecule has 0 aliphatic heterocycles. The van der Waals surface area contributed by atoms with Gasteiger partial charge in [-0.15, -0.1) is 0 Å². The van der Waals surface area contributed by atoms with E-state index in [-0.39, 0.29) is 11.6 Å². The lowest BCUT2D eigenvalue weighted by atomic mass is 9.97. The van der Waals surface area contributed by atoms with Crippen LogP contribution < -0.4 is 5.73 Å². The van der Waals surface area contributed by atoms with E-state index >= 15 is 0 Å². The molecule has 218 valence electrons. The summed E-state index contributed by atoms with van der Waals surface area (Å²) in [7, 11) is 0. The number of aryl methyl sites for hydroxylation is 2. The van der Waals surface area contributed by atoms with Crippen LogP contribution in [0.4, 0.5) is 9.59 Å². The fourth-order valence-corrected chi connectivity index (χ4v) is 4.31. The van der Waals surface area contributed by atoms with Crippen LogP contribution in [0, 0.1) is 0 Å². The molecule has 0 aliphatic rings. The molecule has 0 radical (unpaired) electrons. The van der Waals surface area contributed by atoms with Gasteiger partial charge in [-0.25, -0.2) is 19.6 Å². The summed E-state index contributed by atoms with van der Waals surface area (Å²) in [4.78, 5) is 35.2. The molecule has 0 saturated heterocycles. The zero-order valence-corrected chi connectivity index (χ0v) is 23.9. The number of nitrogens with zero attached hydrogens (tertiary/aromatic N) is 4. The number of nitrogens with two attached hydrogens (primary N) is 1. The van der Waals surface area contributed by atoms with E-state index in [1.54, 1.807) is 12.5 Å². The number of rotatable bonds is 11. The van der Waals surface area contributed by atoms with Crippen LogP contribution in [0.1, 0.15) is 62.2 Å². The van der Waals surface area contributed by atoms with Gasteiger partial charge in [0.1, 0.15) is 0 Å². The number of carbonyl (C=O) groups is 2. The lowest BCUT2D eigenvalue weighted by Crippen LogP contribution is -2.35. The van der Waals surface area contributed by atoms with Crippen LogP contribution in [-0.4, -0.2) is 54.9 Å². The number of hydrogen-bond acceptors (Lipinski definition) is 5. The molecule has 10 heteroatoms. The lowest BCUT2D eigenvalue weighted by molar-refractivity contribution is 0.131. The van der Waals surface area contributed by atoms with E-state index < -0.39 is 12.2 Å². The summed E-state index contributed by atoms with van der Waals surface area (Å²) in [6.07, 6.45) is 8.64. The fraction of sp³-hybridized carbons (Fsp3) is 0.355. The van der Waals surface area contributed by atoms with E-state index in [0.717, 1.165) is 48.2 Å². The maximum Gasteiger partial charge on any atom is 0.408 e. The molecule has 41 heavy (non-hydrogen) atoms. The number of ether oxygens (including phenoxy) is 1. The van der Waals surface area contributed by atoms with Gasteiger partial charge in [0.05, 0.1) is 31.0 Å². The predicted octanol–water partition coefficient (Wildman–Crippen LogP) is 5.78. The van der Waals surface area contributed by atoms with Crippen LogP contribution in [0.2, 0.25) is 0 Å². The highest BCUT2D eigenvalue weighted by Crippen LogP contribution is 2.29. The highest BCUT2D eigenvalue weighted by molar-refractivity contribution is 5.66. The Hall–Kier alpha value is -4.60. The molecule has 0 atom stereocenters. The van der Waals surface area contributed by atoms with E-state index in [1.807, 2.05) is 73.2 Å².